The van der Waals surface area contributed by atoms with Gasteiger partial charge in [0.15, 0.2) is 5.78 Å². The van der Waals surface area contributed by atoms with Crippen LogP contribution in [0.3, 0.4) is 0 Å². The van der Waals surface area contributed by atoms with E-state index < -0.39 is 0 Å². The number of pyridine rings is 1. The molecule has 4 rings (SSSR count). The summed E-state index contributed by atoms with van der Waals surface area (Å²) in [5.74, 6) is -0.584. The number of Topliss-reactive ketones (excluding diaryl/α,β-unsaturated/α-hetero) is 2. The number of carbonyl (C=O) groups is 2. The van der Waals surface area contributed by atoms with Gasteiger partial charge in [-0.3, -0.25) is 9.59 Å². The van der Waals surface area contributed by atoms with Gasteiger partial charge in [0.05, 0.1) is 10.6 Å². The smallest absolute Gasteiger partial charge is 0.223 e. The third-order valence-electron chi connectivity index (χ3n) is 5.42. The quantitative estimate of drug-likeness (QED) is 0.798. The lowest BCUT2D eigenvalue weighted by atomic mass is 9.89. The molecular weight excluding hydrogens is 374 g/mol. The van der Waals surface area contributed by atoms with E-state index in [1.54, 1.807) is 19.1 Å². The Kier molecular flexibility index (Phi) is 5.04. The first-order valence-corrected chi connectivity index (χ1v) is 9.80. The SMILES string of the molecule is Cc1ccc2c(n1)C(=O)C(Cl)=C(Cc1ccc(N3CCN(C)CC3)cc1)C2=O. The predicted octanol–water partition coefficient (Wildman–Crippen LogP) is 3.26. The molecule has 0 amide bonds. The maximum absolute atomic E-state index is 12.9. The summed E-state index contributed by atoms with van der Waals surface area (Å²) in [5.41, 5.74) is 3.65. The average Bonchev–Trinajstić information content (AvgIpc) is 2.70. The van der Waals surface area contributed by atoms with Crippen molar-refractivity contribution < 1.29 is 9.59 Å². The van der Waals surface area contributed by atoms with E-state index in [2.05, 4.69) is 34.0 Å². The van der Waals surface area contributed by atoms with Crippen LogP contribution in [0.4, 0.5) is 5.69 Å². The van der Waals surface area contributed by atoms with Crippen molar-refractivity contribution in [3.8, 4) is 0 Å². The molecule has 0 atom stereocenters. The third kappa shape index (κ3) is 3.48. The van der Waals surface area contributed by atoms with E-state index in [1.165, 1.54) is 5.69 Å². The van der Waals surface area contributed by atoms with Gasteiger partial charge in [0, 0.05) is 49.6 Å². The van der Waals surface area contributed by atoms with Gasteiger partial charge in [-0.1, -0.05) is 23.7 Å². The molecule has 2 aromatic rings. The van der Waals surface area contributed by atoms with E-state index in [0.717, 1.165) is 31.7 Å². The van der Waals surface area contributed by atoms with Crippen LogP contribution in [0.25, 0.3) is 0 Å². The molecule has 0 spiro atoms. The standard InChI is InChI=1S/C22H22ClN3O2/c1-14-3-8-17-20(24-14)22(28)19(23)18(21(17)27)13-15-4-6-16(7-5-15)26-11-9-25(2)10-12-26/h3-8H,9-13H2,1-2H3. The molecule has 1 aromatic carbocycles. The Hall–Kier alpha value is -2.50. The van der Waals surface area contributed by atoms with Gasteiger partial charge >= 0.3 is 0 Å². The molecule has 1 aliphatic heterocycles. The summed E-state index contributed by atoms with van der Waals surface area (Å²) in [4.78, 5) is 34.4. The number of halogens is 1. The van der Waals surface area contributed by atoms with E-state index >= 15 is 0 Å². The van der Waals surface area contributed by atoms with Crippen LogP contribution < -0.4 is 4.90 Å². The third-order valence-corrected chi connectivity index (χ3v) is 5.82. The number of allylic oxidation sites excluding steroid dienone is 2. The average molecular weight is 396 g/mol. The number of piperazine rings is 1. The van der Waals surface area contributed by atoms with Crippen LogP contribution in [-0.4, -0.2) is 54.7 Å². The van der Waals surface area contributed by atoms with Gasteiger partial charge in [-0.15, -0.1) is 0 Å². The molecule has 1 fully saturated rings. The number of rotatable bonds is 3. The summed E-state index contributed by atoms with van der Waals surface area (Å²) in [6, 6.07) is 11.6. The number of hydrogen-bond acceptors (Lipinski definition) is 5. The highest BCUT2D eigenvalue weighted by molar-refractivity contribution is 6.49. The van der Waals surface area contributed by atoms with Crippen LogP contribution in [0.15, 0.2) is 47.0 Å². The van der Waals surface area contributed by atoms with Crippen molar-refractivity contribution in [2.24, 2.45) is 0 Å². The summed E-state index contributed by atoms with van der Waals surface area (Å²) in [5, 5.41) is -0.0151. The zero-order valence-electron chi connectivity index (χ0n) is 16.0. The molecule has 0 N–H and O–H groups in total. The molecule has 2 aliphatic rings. The van der Waals surface area contributed by atoms with Crippen molar-refractivity contribution in [3.05, 3.63) is 69.5 Å². The van der Waals surface area contributed by atoms with Gasteiger partial charge in [-0.25, -0.2) is 4.98 Å². The first-order chi connectivity index (χ1) is 13.4. The molecule has 5 nitrogen and oxygen atoms in total. The second-order valence-corrected chi connectivity index (χ2v) is 7.81. The molecule has 2 heterocycles. The zero-order valence-corrected chi connectivity index (χ0v) is 16.8. The Morgan fingerprint density at radius 3 is 2.32 bits per heavy atom. The normalized spacial score (nSPS) is 17.9. The molecule has 1 aliphatic carbocycles. The Morgan fingerprint density at radius 1 is 0.964 bits per heavy atom. The van der Waals surface area contributed by atoms with E-state index in [0.29, 0.717) is 23.3 Å². The largest absolute Gasteiger partial charge is 0.369 e. The van der Waals surface area contributed by atoms with Gasteiger partial charge in [0.1, 0.15) is 5.69 Å². The van der Waals surface area contributed by atoms with Crippen molar-refractivity contribution in [1.29, 1.82) is 0 Å². The highest BCUT2D eigenvalue weighted by atomic mass is 35.5. The zero-order chi connectivity index (χ0) is 19.8. The molecule has 0 unspecified atom stereocenters. The summed E-state index contributed by atoms with van der Waals surface area (Å²) >= 11 is 6.28. The maximum Gasteiger partial charge on any atom is 0.223 e. The summed E-state index contributed by atoms with van der Waals surface area (Å²) in [6.45, 7) is 5.89. The molecule has 0 radical (unpaired) electrons. The predicted molar refractivity (Wildman–Crippen MR) is 110 cm³/mol. The fourth-order valence-electron chi connectivity index (χ4n) is 3.67. The fourth-order valence-corrected chi connectivity index (χ4v) is 3.91. The van der Waals surface area contributed by atoms with E-state index in [-0.39, 0.29) is 22.3 Å². The maximum atomic E-state index is 12.9. The van der Waals surface area contributed by atoms with E-state index in [1.807, 2.05) is 12.1 Å². The lowest BCUT2D eigenvalue weighted by Gasteiger charge is -2.34. The molecule has 1 aromatic heterocycles. The molecule has 0 bridgehead atoms. The van der Waals surface area contributed by atoms with Crippen molar-refractivity contribution in [1.82, 2.24) is 9.88 Å². The number of aromatic nitrogens is 1. The summed E-state index contributed by atoms with van der Waals surface area (Å²) < 4.78 is 0. The Labute approximate surface area is 169 Å². The molecule has 28 heavy (non-hydrogen) atoms. The number of carbonyl (C=O) groups excluding carboxylic acids is 2. The van der Waals surface area contributed by atoms with Crippen molar-refractivity contribution >= 4 is 28.9 Å². The highest BCUT2D eigenvalue weighted by Crippen LogP contribution is 2.30. The Balaban J connectivity index is 1.55. The molecule has 1 saturated heterocycles. The van der Waals surface area contributed by atoms with Crippen molar-refractivity contribution in [2.45, 2.75) is 13.3 Å². The minimum absolute atomic E-state index is 0.0151. The monoisotopic (exact) mass is 395 g/mol. The van der Waals surface area contributed by atoms with Crippen LogP contribution in [0.1, 0.15) is 32.1 Å². The van der Waals surface area contributed by atoms with Gasteiger partial charge in [0.25, 0.3) is 0 Å². The van der Waals surface area contributed by atoms with Crippen LogP contribution in [-0.2, 0) is 6.42 Å². The molecular formula is C22H22ClN3O2. The van der Waals surface area contributed by atoms with Crippen LogP contribution >= 0.6 is 11.6 Å². The van der Waals surface area contributed by atoms with Gasteiger partial charge in [-0.2, -0.15) is 0 Å². The summed E-state index contributed by atoms with van der Waals surface area (Å²) in [7, 11) is 2.13. The van der Waals surface area contributed by atoms with Crippen LogP contribution in [0, 0.1) is 6.92 Å². The van der Waals surface area contributed by atoms with Gasteiger partial charge in [0.2, 0.25) is 5.78 Å². The van der Waals surface area contributed by atoms with Crippen molar-refractivity contribution in [2.75, 3.05) is 38.1 Å². The first kappa shape index (κ1) is 18.8. The van der Waals surface area contributed by atoms with E-state index in [4.69, 9.17) is 11.6 Å². The minimum atomic E-state index is -0.371. The fraction of sp³-hybridized carbons (Fsp3) is 0.318. The number of fused-ring (bicyclic) bond motifs is 1. The van der Waals surface area contributed by atoms with E-state index in [9.17, 15) is 9.59 Å². The topological polar surface area (TPSA) is 53.5 Å². The molecule has 6 heteroatoms. The lowest BCUT2D eigenvalue weighted by molar-refractivity contribution is 0.0975. The molecule has 144 valence electrons. The first-order valence-electron chi connectivity index (χ1n) is 9.42. The number of aryl methyl sites for hydroxylation is 1. The van der Waals surface area contributed by atoms with Gasteiger partial charge in [-0.05, 0) is 43.8 Å². The minimum Gasteiger partial charge on any atom is -0.369 e. The van der Waals surface area contributed by atoms with Gasteiger partial charge < -0.3 is 9.80 Å². The summed E-state index contributed by atoms with van der Waals surface area (Å²) in [6.07, 6.45) is 0.333. The highest BCUT2D eigenvalue weighted by Gasteiger charge is 2.32. The lowest BCUT2D eigenvalue weighted by Crippen LogP contribution is -2.44. The Morgan fingerprint density at radius 2 is 1.64 bits per heavy atom. The number of hydrogen-bond donors (Lipinski definition) is 0. The second kappa shape index (κ2) is 7.49. The number of anilines is 1. The Bertz CT molecular complexity index is 974. The number of likely N-dealkylation sites (N-methyl/N-ethyl adjacent to an activating group) is 1. The molecule has 0 saturated carbocycles. The van der Waals surface area contributed by atoms with Crippen molar-refractivity contribution in [3.63, 3.8) is 0 Å². The number of nitrogens with zero attached hydrogens (tertiary/aromatic N) is 3. The van der Waals surface area contributed by atoms with Crippen LogP contribution in [0.2, 0.25) is 0 Å². The number of benzene rings is 1. The number of ketones is 2. The second-order valence-electron chi connectivity index (χ2n) is 7.43. The van der Waals surface area contributed by atoms with Crippen LogP contribution in [0.5, 0.6) is 0 Å².